The van der Waals surface area contributed by atoms with Crippen LogP contribution in [0.2, 0.25) is 0 Å². The van der Waals surface area contributed by atoms with Gasteiger partial charge in [-0.15, -0.1) is 0 Å². The fraction of sp³-hybridized carbons (Fsp3) is 0.847. The summed E-state index contributed by atoms with van der Waals surface area (Å²) >= 11 is 0. The van der Waals surface area contributed by atoms with Crippen LogP contribution in [-0.2, 0) is 28.6 Å². The van der Waals surface area contributed by atoms with Gasteiger partial charge < -0.3 is 14.2 Å². The molecule has 1 unspecified atom stereocenters. The molecular formula is C72H132O6. The Hall–Kier alpha value is -2.63. The van der Waals surface area contributed by atoms with E-state index in [1.54, 1.807) is 0 Å². The molecule has 0 bridgehead atoms. The maximum absolute atomic E-state index is 12.9. The second-order valence-corrected chi connectivity index (χ2v) is 23.4. The summed E-state index contributed by atoms with van der Waals surface area (Å²) in [7, 11) is 0. The van der Waals surface area contributed by atoms with Crippen molar-refractivity contribution in [1.29, 1.82) is 0 Å². The van der Waals surface area contributed by atoms with E-state index in [-0.39, 0.29) is 31.1 Å². The number of ether oxygens (including phenoxy) is 3. The van der Waals surface area contributed by atoms with Gasteiger partial charge in [-0.05, 0) is 83.5 Å². The lowest BCUT2D eigenvalue weighted by molar-refractivity contribution is -0.167. The second kappa shape index (κ2) is 66.9. The first-order valence-corrected chi connectivity index (χ1v) is 34.6. The second-order valence-electron chi connectivity index (χ2n) is 23.4. The summed E-state index contributed by atoms with van der Waals surface area (Å²) in [4.78, 5) is 38.4. The SMILES string of the molecule is CCCCC/C=C\C/C=C\C/C=C\CCCCCCCCC(=O)OC(COC(=O)CCCCCCCCC/C=C\CCCCCCCC)COC(=O)CCCCCCCCCCCCCCCCCCCCCCCCCC. The molecule has 0 saturated heterocycles. The molecule has 78 heavy (non-hydrogen) atoms. The molecule has 6 nitrogen and oxygen atoms in total. The summed E-state index contributed by atoms with van der Waals surface area (Å²) in [5, 5.41) is 0. The molecule has 0 aliphatic rings. The van der Waals surface area contributed by atoms with Crippen molar-refractivity contribution < 1.29 is 28.6 Å². The molecule has 0 N–H and O–H groups in total. The van der Waals surface area contributed by atoms with E-state index < -0.39 is 6.10 Å². The number of allylic oxidation sites excluding steroid dienone is 8. The predicted octanol–water partition coefficient (Wildman–Crippen LogP) is 23.7. The Kier molecular flexibility index (Phi) is 64.6. The minimum absolute atomic E-state index is 0.0760. The molecule has 0 amide bonds. The number of unbranched alkanes of at least 4 members (excludes halogenated alkanes) is 45. The summed E-state index contributed by atoms with van der Waals surface area (Å²) in [6, 6.07) is 0. The lowest BCUT2D eigenvalue weighted by atomic mass is 10.0. The van der Waals surface area contributed by atoms with Crippen LogP contribution in [0, 0.1) is 0 Å². The highest BCUT2D eigenvalue weighted by atomic mass is 16.6. The van der Waals surface area contributed by atoms with Crippen LogP contribution >= 0.6 is 0 Å². The van der Waals surface area contributed by atoms with Gasteiger partial charge in [0, 0.05) is 19.3 Å². The van der Waals surface area contributed by atoms with Crippen molar-refractivity contribution in [1.82, 2.24) is 0 Å². The summed E-state index contributed by atoms with van der Waals surface area (Å²) < 4.78 is 17.0. The van der Waals surface area contributed by atoms with Gasteiger partial charge in [0.1, 0.15) is 13.2 Å². The first-order chi connectivity index (χ1) is 38.5. The van der Waals surface area contributed by atoms with Crippen molar-refractivity contribution in [3.05, 3.63) is 48.6 Å². The number of hydrogen-bond acceptors (Lipinski definition) is 6. The molecule has 0 saturated carbocycles. The van der Waals surface area contributed by atoms with Crippen LogP contribution in [0.5, 0.6) is 0 Å². The molecule has 0 aromatic rings. The average Bonchev–Trinajstić information content (AvgIpc) is 3.44. The number of rotatable bonds is 64. The normalized spacial score (nSPS) is 12.3. The van der Waals surface area contributed by atoms with Gasteiger partial charge in [0.05, 0.1) is 0 Å². The minimum atomic E-state index is -0.782. The minimum Gasteiger partial charge on any atom is -0.462 e. The first kappa shape index (κ1) is 75.4. The van der Waals surface area contributed by atoms with E-state index in [1.165, 1.54) is 257 Å². The van der Waals surface area contributed by atoms with Gasteiger partial charge in [0.2, 0.25) is 0 Å². The van der Waals surface area contributed by atoms with Crippen molar-refractivity contribution in [3.8, 4) is 0 Å². The van der Waals surface area contributed by atoms with Crippen LogP contribution in [-0.4, -0.2) is 37.2 Å². The predicted molar refractivity (Wildman–Crippen MR) is 339 cm³/mol. The first-order valence-electron chi connectivity index (χ1n) is 34.6. The van der Waals surface area contributed by atoms with Gasteiger partial charge in [0.25, 0.3) is 0 Å². The van der Waals surface area contributed by atoms with Gasteiger partial charge in [-0.3, -0.25) is 14.4 Å². The van der Waals surface area contributed by atoms with Crippen LogP contribution in [0.25, 0.3) is 0 Å². The zero-order chi connectivity index (χ0) is 56.4. The smallest absolute Gasteiger partial charge is 0.306 e. The third-order valence-corrected chi connectivity index (χ3v) is 15.6. The van der Waals surface area contributed by atoms with Crippen molar-refractivity contribution in [2.45, 2.75) is 380 Å². The Labute approximate surface area is 486 Å². The van der Waals surface area contributed by atoms with Gasteiger partial charge in [-0.1, -0.05) is 320 Å². The molecule has 0 spiro atoms. The summed E-state index contributed by atoms with van der Waals surface area (Å²) in [5.41, 5.74) is 0. The summed E-state index contributed by atoms with van der Waals surface area (Å²) in [6.07, 6.45) is 84.1. The molecule has 0 aliphatic carbocycles. The van der Waals surface area contributed by atoms with Crippen LogP contribution in [0.3, 0.4) is 0 Å². The Morgan fingerprint density at radius 2 is 0.462 bits per heavy atom. The van der Waals surface area contributed by atoms with E-state index in [0.29, 0.717) is 19.3 Å². The molecule has 0 rings (SSSR count). The highest BCUT2D eigenvalue weighted by molar-refractivity contribution is 5.71. The Bertz CT molecular complexity index is 1350. The van der Waals surface area contributed by atoms with Gasteiger partial charge in [0.15, 0.2) is 6.10 Å². The molecule has 0 aliphatic heterocycles. The fourth-order valence-electron chi connectivity index (χ4n) is 10.3. The zero-order valence-electron chi connectivity index (χ0n) is 52.5. The molecule has 0 heterocycles. The topological polar surface area (TPSA) is 78.9 Å². The van der Waals surface area contributed by atoms with E-state index in [1.807, 2.05) is 0 Å². The van der Waals surface area contributed by atoms with Crippen molar-refractivity contribution in [3.63, 3.8) is 0 Å². The standard InChI is InChI=1S/C72H132O6/c1-4-7-10-13-16-19-22-25-28-31-33-34-35-36-37-39-41-44-47-50-53-56-59-62-65-71(74)77-68-69(67-76-70(73)64-61-58-55-52-49-46-43-40-30-27-24-21-18-15-12-9-6-3)78-72(75)66-63-60-57-54-51-48-45-42-38-32-29-26-23-20-17-14-11-8-5-2/h17,20,26-27,29-30,38,42,69H,4-16,18-19,21-25,28,31-37,39-41,43-68H2,1-3H3/b20-17-,29-26-,30-27-,42-38-. The van der Waals surface area contributed by atoms with Gasteiger partial charge in [-0.2, -0.15) is 0 Å². The Morgan fingerprint density at radius 1 is 0.256 bits per heavy atom. The molecule has 0 aromatic carbocycles. The van der Waals surface area contributed by atoms with Crippen LogP contribution in [0.1, 0.15) is 374 Å². The summed E-state index contributed by atoms with van der Waals surface area (Å²) in [5.74, 6) is -0.868. The number of esters is 3. The van der Waals surface area contributed by atoms with E-state index in [4.69, 9.17) is 14.2 Å². The number of carbonyl (C=O) groups is 3. The molecule has 456 valence electrons. The Morgan fingerprint density at radius 3 is 0.756 bits per heavy atom. The average molecular weight is 1090 g/mol. The van der Waals surface area contributed by atoms with Crippen molar-refractivity contribution in [2.75, 3.05) is 13.2 Å². The van der Waals surface area contributed by atoms with E-state index >= 15 is 0 Å². The monoisotopic (exact) mass is 1090 g/mol. The quantitative estimate of drug-likeness (QED) is 0.0261. The fourth-order valence-corrected chi connectivity index (χ4v) is 10.3. The third kappa shape index (κ3) is 64.2. The van der Waals surface area contributed by atoms with Crippen LogP contribution in [0.4, 0.5) is 0 Å². The van der Waals surface area contributed by atoms with Crippen LogP contribution in [0.15, 0.2) is 48.6 Å². The molecule has 6 heteroatoms. The van der Waals surface area contributed by atoms with E-state index in [9.17, 15) is 14.4 Å². The molecule has 0 aromatic heterocycles. The highest BCUT2D eigenvalue weighted by Gasteiger charge is 2.19. The number of hydrogen-bond donors (Lipinski definition) is 0. The van der Waals surface area contributed by atoms with Gasteiger partial charge in [-0.25, -0.2) is 0 Å². The molecule has 0 fully saturated rings. The largest absolute Gasteiger partial charge is 0.462 e. The maximum Gasteiger partial charge on any atom is 0.306 e. The van der Waals surface area contributed by atoms with Crippen molar-refractivity contribution >= 4 is 17.9 Å². The maximum atomic E-state index is 12.9. The molecule has 0 radical (unpaired) electrons. The van der Waals surface area contributed by atoms with Gasteiger partial charge >= 0.3 is 17.9 Å². The van der Waals surface area contributed by atoms with Crippen molar-refractivity contribution in [2.24, 2.45) is 0 Å². The number of carbonyl (C=O) groups excluding carboxylic acids is 3. The van der Waals surface area contributed by atoms with E-state index in [2.05, 4.69) is 69.4 Å². The van der Waals surface area contributed by atoms with E-state index in [0.717, 1.165) is 77.0 Å². The zero-order valence-corrected chi connectivity index (χ0v) is 52.5. The Balaban J connectivity index is 4.32. The highest BCUT2D eigenvalue weighted by Crippen LogP contribution is 2.18. The summed E-state index contributed by atoms with van der Waals surface area (Å²) in [6.45, 7) is 6.66. The third-order valence-electron chi connectivity index (χ3n) is 15.6. The lowest BCUT2D eigenvalue weighted by Crippen LogP contribution is -2.30. The molecular weight excluding hydrogens is 961 g/mol. The van der Waals surface area contributed by atoms with Crippen LogP contribution < -0.4 is 0 Å². The lowest BCUT2D eigenvalue weighted by Gasteiger charge is -2.18. The molecule has 1 atom stereocenters.